The number of likely N-dealkylation sites (tertiary alicyclic amines) is 1. The molecule has 0 spiro atoms. The molecule has 1 heterocycles. The van der Waals surface area contributed by atoms with Crippen LogP contribution in [0.3, 0.4) is 0 Å². The van der Waals surface area contributed by atoms with Crippen LogP contribution in [-0.4, -0.2) is 29.4 Å². The molecule has 0 aromatic carbocycles. The minimum absolute atomic E-state index is 0.200. The molecule has 2 rings (SSSR count). The summed E-state index contributed by atoms with van der Waals surface area (Å²) in [6.07, 6.45) is 6.58. The van der Waals surface area contributed by atoms with E-state index < -0.39 is 0 Å². The molecule has 1 saturated heterocycles. The van der Waals surface area contributed by atoms with Gasteiger partial charge in [-0.05, 0) is 44.9 Å². The SMILES string of the molecule is CC1CCCN(C(=O)C2CCCC(N)C2)C1C. The smallest absolute Gasteiger partial charge is 0.225 e. The van der Waals surface area contributed by atoms with E-state index in [-0.39, 0.29) is 12.0 Å². The third kappa shape index (κ3) is 2.82. The minimum Gasteiger partial charge on any atom is -0.339 e. The molecule has 4 atom stereocenters. The number of amides is 1. The van der Waals surface area contributed by atoms with Crippen LogP contribution in [0.25, 0.3) is 0 Å². The highest BCUT2D eigenvalue weighted by molar-refractivity contribution is 5.79. The molecule has 1 amide bonds. The number of nitrogens with two attached hydrogens (primary N) is 1. The summed E-state index contributed by atoms with van der Waals surface area (Å²) in [5.41, 5.74) is 5.98. The van der Waals surface area contributed by atoms with E-state index >= 15 is 0 Å². The van der Waals surface area contributed by atoms with Crippen LogP contribution in [0.2, 0.25) is 0 Å². The van der Waals surface area contributed by atoms with Gasteiger partial charge in [0.1, 0.15) is 0 Å². The van der Waals surface area contributed by atoms with Crippen molar-refractivity contribution in [3.8, 4) is 0 Å². The van der Waals surface area contributed by atoms with E-state index in [1.165, 1.54) is 6.42 Å². The predicted octanol–water partition coefficient (Wildman–Crippen LogP) is 2.15. The van der Waals surface area contributed by atoms with Crippen molar-refractivity contribution in [2.24, 2.45) is 17.6 Å². The van der Waals surface area contributed by atoms with Crippen molar-refractivity contribution in [1.82, 2.24) is 4.90 Å². The van der Waals surface area contributed by atoms with Crippen molar-refractivity contribution in [3.63, 3.8) is 0 Å². The lowest BCUT2D eigenvalue weighted by atomic mass is 9.83. The highest BCUT2D eigenvalue weighted by Crippen LogP contribution is 2.29. The van der Waals surface area contributed by atoms with Crippen LogP contribution in [0.5, 0.6) is 0 Å². The Morgan fingerprint density at radius 3 is 2.65 bits per heavy atom. The lowest BCUT2D eigenvalue weighted by Gasteiger charge is -2.41. The number of nitrogens with zero attached hydrogens (tertiary/aromatic N) is 1. The molecule has 2 fully saturated rings. The molecule has 3 heteroatoms. The van der Waals surface area contributed by atoms with Crippen LogP contribution in [0, 0.1) is 11.8 Å². The van der Waals surface area contributed by atoms with Crippen molar-refractivity contribution in [3.05, 3.63) is 0 Å². The van der Waals surface area contributed by atoms with Crippen molar-refractivity contribution in [2.45, 2.75) is 64.5 Å². The number of carbonyl (C=O) groups is 1. The van der Waals surface area contributed by atoms with Gasteiger partial charge >= 0.3 is 0 Å². The van der Waals surface area contributed by atoms with Crippen molar-refractivity contribution >= 4 is 5.91 Å². The molecule has 0 bridgehead atoms. The van der Waals surface area contributed by atoms with Crippen LogP contribution in [0.4, 0.5) is 0 Å². The molecular weight excluding hydrogens is 212 g/mol. The second kappa shape index (κ2) is 5.38. The van der Waals surface area contributed by atoms with E-state index in [0.29, 0.717) is 17.9 Å². The average molecular weight is 238 g/mol. The molecule has 0 radical (unpaired) electrons. The first-order valence-corrected chi connectivity index (χ1v) is 7.15. The molecule has 1 aliphatic heterocycles. The van der Waals surface area contributed by atoms with Crippen LogP contribution in [0.1, 0.15) is 52.4 Å². The number of hydrogen-bond donors (Lipinski definition) is 1. The van der Waals surface area contributed by atoms with Gasteiger partial charge in [-0.2, -0.15) is 0 Å². The molecule has 4 unspecified atom stereocenters. The Bertz CT molecular complexity index is 279. The Morgan fingerprint density at radius 2 is 1.94 bits per heavy atom. The molecule has 98 valence electrons. The monoisotopic (exact) mass is 238 g/mol. The van der Waals surface area contributed by atoms with Gasteiger partial charge in [0.25, 0.3) is 0 Å². The maximum atomic E-state index is 12.5. The zero-order valence-electron chi connectivity index (χ0n) is 11.2. The van der Waals surface area contributed by atoms with Gasteiger partial charge in [0.05, 0.1) is 0 Å². The first-order valence-electron chi connectivity index (χ1n) is 7.15. The van der Waals surface area contributed by atoms with Crippen LogP contribution < -0.4 is 5.73 Å². The molecule has 2 aliphatic rings. The second-order valence-corrected chi connectivity index (χ2v) is 6.02. The van der Waals surface area contributed by atoms with Gasteiger partial charge in [0.2, 0.25) is 5.91 Å². The normalized spacial score (nSPS) is 39.1. The fraction of sp³-hybridized carbons (Fsp3) is 0.929. The number of carbonyl (C=O) groups excluding carboxylic acids is 1. The quantitative estimate of drug-likeness (QED) is 0.761. The Kier molecular flexibility index (Phi) is 4.08. The Labute approximate surface area is 105 Å². The summed E-state index contributed by atoms with van der Waals surface area (Å²) >= 11 is 0. The van der Waals surface area contributed by atoms with E-state index in [9.17, 15) is 4.79 Å². The van der Waals surface area contributed by atoms with Gasteiger partial charge in [-0.15, -0.1) is 0 Å². The van der Waals surface area contributed by atoms with Gasteiger partial charge in [-0.3, -0.25) is 4.79 Å². The van der Waals surface area contributed by atoms with Gasteiger partial charge in [-0.25, -0.2) is 0 Å². The first kappa shape index (κ1) is 12.9. The van der Waals surface area contributed by atoms with E-state index in [4.69, 9.17) is 5.73 Å². The number of hydrogen-bond acceptors (Lipinski definition) is 2. The Morgan fingerprint density at radius 1 is 1.18 bits per heavy atom. The highest BCUT2D eigenvalue weighted by Gasteiger charge is 2.34. The summed E-state index contributed by atoms with van der Waals surface area (Å²) in [6.45, 7) is 5.41. The number of piperidine rings is 1. The van der Waals surface area contributed by atoms with Gasteiger partial charge in [-0.1, -0.05) is 13.3 Å². The van der Waals surface area contributed by atoms with Crippen LogP contribution in [-0.2, 0) is 4.79 Å². The molecule has 2 N–H and O–H groups in total. The maximum Gasteiger partial charge on any atom is 0.225 e. The molecule has 1 saturated carbocycles. The van der Waals surface area contributed by atoms with E-state index in [1.807, 2.05) is 0 Å². The summed E-state index contributed by atoms with van der Waals surface area (Å²) in [5.74, 6) is 1.22. The summed E-state index contributed by atoms with van der Waals surface area (Å²) < 4.78 is 0. The summed E-state index contributed by atoms with van der Waals surface area (Å²) in [6, 6.07) is 0.657. The lowest BCUT2D eigenvalue weighted by molar-refractivity contribution is -0.141. The van der Waals surface area contributed by atoms with Gasteiger partial charge in [0, 0.05) is 24.5 Å². The Balaban J connectivity index is 1.98. The van der Waals surface area contributed by atoms with Gasteiger partial charge in [0.15, 0.2) is 0 Å². The Hall–Kier alpha value is -0.570. The highest BCUT2D eigenvalue weighted by atomic mass is 16.2. The molecule has 0 aromatic heterocycles. The molecule has 17 heavy (non-hydrogen) atoms. The topological polar surface area (TPSA) is 46.3 Å². The number of rotatable bonds is 1. The second-order valence-electron chi connectivity index (χ2n) is 6.02. The van der Waals surface area contributed by atoms with E-state index in [2.05, 4.69) is 18.7 Å². The van der Waals surface area contributed by atoms with E-state index in [1.54, 1.807) is 0 Å². The largest absolute Gasteiger partial charge is 0.339 e. The van der Waals surface area contributed by atoms with Crippen molar-refractivity contribution < 1.29 is 4.79 Å². The third-order valence-corrected chi connectivity index (χ3v) is 4.72. The fourth-order valence-electron chi connectivity index (χ4n) is 3.33. The maximum absolute atomic E-state index is 12.5. The molecule has 1 aliphatic carbocycles. The van der Waals surface area contributed by atoms with Crippen LogP contribution in [0.15, 0.2) is 0 Å². The fourth-order valence-corrected chi connectivity index (χ4v) is 3.33. The zero-order valence-corrected chi connectivity index (χ0v) is 11.2. The van der Waals surface area contributed by atoms with Crippen molar-refractivity contribution in [2.75, 3.05) is 6.54 Å². The van der Waals surface area contributed by atoms with E-state index in [0.717, 1.165) is 38.6 Å². The standard InChI is InChI=1S/C14H26N2O/c1-10-5-4-8-16(11(10)2)14(17)12-6-3-7-13(15)9-12/h10-13H,3-9,15H2,1-2H3. The summed E-state index contributed by atoms with van der Waals surface area (Å²) in [4.78, 5) is 14.6. The summed E-state index contributed by atoms with van der Waals surface area (Å²) in [7, 11) is 0. The average Bonchev–Trinajstić information content (AvgIpc) is 2.32. The molecule has 0 aromatic rings. The third-order valence-electron chi connectivity index (χ3n) is 4.72. The summed E-state index contributed by atoms with van der Waals surface area (Å²) in [5, 5.41) is 0. The lowest BCUT2D eigenvalue weighted by Crippen LogP contribution is -2.49. The van der Waals surface area contributed by atoms with Crippen LogP contribution >= 0.6 is 0 Å². The first-order chi connectivity index (χ1) is 8.09. The molecular formula is C14H26N2O. The van der Waals surface area contributed by atoms with Crippen molar-refractivity contribution in [1.29, 1.82) is 0 Å². The molecule has 3 nitrogen and oxygen atoms in total. The van der Waals surface area contributed by atoms with Gasteiger partial charge < -0.3 is 10.6 Å². The minimum atomic E-state index is 0.200. The predicted molar refractivity (Wildman–Crippen MR) is 69.5 cm³/mol. The zero-order chi connectivity index (χ0) is 12.4.